The SMILES string of the molecule is COc1ccc(C(CNC(=O)Cn2nc(C(F)(F)F)cc2C)N2CCCC2)cc1. The van der Waals surface area contributed by atoms with Crippen LogP contribution in [0.5, 0.6) is 5.75 Å². The third-order valence-corrected chi connectivity index (χ3v) is 5.14. The van der Waals surface area contributed by atoms with Gasteiger partial charge in [0.05, 0.1) is 13.2 Å². The van der Waals surface area contributed by atoms with E-state index in [1.165, 1.54) is 6.92 Å². The molecule has 0 bridgehead atoms. The summed E-state index contributed by atoms with van der Waals surface area (Å²) in [6.45, 7) is 3.51. The largest absolute Gasteiger partial charge is 0.497 e. The Bertz CT molecular complexity index is 827. The van der Waals surface area contributed by atoms with E-state index in [2.05, 4.69) is 15.3 Å². The Morgan fingerprint density at radius 3 is 2.45 bits per heavy atom. The Morgan fingerprint density at radius 1 is 1.24 bits per heavy atom. The van der Waals surface area contributed by atoms with Gasteiger partial charge in [-0.1, -0.05) is 12.1 Å². The topological polar surface area (TPSA) is 59.4 Å². The number of alkyl halides is 3. The number of amides is 1. The highest BCUT2D eigenvalue weighted by Gasteiger charge is 2.34. The summed E-state index contributed by atoms with van der Waals surface area (Å²) in [5.41, 5.74) is 0.359. The molecule has 1 fully saturated rings. The van der Waals surface area contributed by atoms with Crippen LogP contribution in [0.2, 0.25) is 0 Å². The molecule has 158 valence electrons. The number of benzene rings is 1. The second-order valence-electron chi connectivity index (χ2n) is 7.16. The normalized spacial score (nSPS) is 16.0. The molecule has 1 atom stereocenters. The summed E-state index contributed by atoms with van der Waals surface area (Å²) in [5, 5.41) is 6.37. The predicted octanol–water partition coefficient (Wildman–Crippen LogP) is 3.17. The summed E-state index contributed by atoms with van der Waals surface area (Å²) < 4.78 is 44.7. The monoisotopic (exact) mass is 410 g/mol. The van der Waals surface area contributed by atoms with Crippen molar-refractivity contribution in [3.8, 4) is 5.75 Å². The van der Waals surface area contributed by atoms with E-state index in [1.54, 1.807) is 7.11 Å². The molecule has 1 aliphatic rings. The molecule has 6 nitrogen and oxygen atoms in total. The molecular weight excluding hydrogens is 385 g/mol. The summed E-state index contributed by atoms with van der Waals surface area (Å²) in [6, 6.07) is 8.65. The van der Waals surface area contributed by atoms with Crippen molar-refractivity contribution < 1.29 is 22.7 Å². The van der Waals surface area contributed by atoms with Gasteiger partial charge in [0.1, 0.15) is 12.3 Å². The molecule has 1 saturated heterocycles. The van der Waals surface area contributed by atoms with E-state index in [4.69, 9.17) is 4.74 Å². The number of aryl methyl sites for hydroxylation is 1. The van der Waals surface area contributed by atoms with Crippen LogP contribution in [0.3, 0.4) is 0 Å². The van der Waals surface area contributed by atoms with Crippen LogP contribution in [-0.2, 0) is 17.5 Å². The second-order valence-corrected chi connectivity index (χ2v) is 7.16. The number of ether oxygens (including phenoxy) is 1. The van der Waals surface area contributed by atoms with Gasteiger partial charge in [-0.25, -0.2) is 0 Å². The number of hydrogen-bond acceptors (Lipinski definition) is 4. The van der Waals surface area contributed by atoms with Crippen LogP contribution in [-0.4, -0.2) is 47.3 Å². The first kappa shape index (κ1) is 21.2. The number of hydrogen-bond donors (Lipinski definition) is 1. The van der Waals surface area contributed by atoms with Crippen molar-refractivity contribution in [2.24, 2.45) is 0 Å². The predicted molar refractivity (Wildman–Crippen MR) is 102 cm³/mol. The first-order valence-corrected chi connectivity index (χ1v) is 9.54. The molecule has 1 aromatic heterocycles. The van der Waals surface area contributed by atoms with Crippen molar-refractivity contribution in [3.05, 3.63) is 47.3 Å². The minimum absolute atomic E-state index is 0.00295. The van der Waals surface area contributed by atoms with E-state index in [0.29, 0.717) is 12.2 Å². The fourth-order valence-corrected chi connectivity index (χ4v) is 3.55. The molecule has 1 amide bonds. The van der Waals surface area contributed by atoms with Gasteiger partial charge >= 0.3 is 6.18 Å². The fraction of sp³-hybridized carbons (Fsp3) is 0.500. The molecule has 1 aliphatic heterocycles. The number of likely N-dealkylation sites (tertiary alicyclic amines) is 1. The van der Waals surface area contributed by atoms with Crippen molar-refractivity contribution in [1.82, 2.24) is 20.0 Å². The van der Waals surface area contributed by atoms with Crippen molar-refractivity contribution in [3.63, 3.8) is 0 Å². The molecule has 2 heterocycles. The average molecular weight is 410 g/mol. The zero-order valence-corrected chi connectivity index (χ0v) is 16.5. The summed E-state index contributed by atoms with van der Waals surface area (Å²) in [4.78, 5) is 14.7. The lowest BCUT2D eigenvalue weighted by Gasteiger charge is -2.28. The molecule has 1 N–H and O–H groups in total. The first-order chi connectivity index (χ1) is 13.8. The van der Waals surface area contributed by atoms with Gasteiger partial charge in [0.2, 0.25) is 5.91 Å². The Labute approximate surface area is 167 Å². The minimum atomic E-state index is -4.53. The molecular formula is C20H25F3N4O2. The number of nitrogens with one attached hydrogen (secondary N) is 1. The van der Waals surface area contributed by atoms with E-state index < -0.39 is 11.9 Å². The third kappa shape index (κ3) is 5.29. The molecule has 3 rings (SSSR count). The van der Waals surface area contributed by atoms with E-state index in [0.717, 1.165) is 48.0 Å². The standard InChI is InChI=1S/C20H25F3N4O2/c1-14-11-18(20(21,22)23)25-27(14)13-19(28)24-12-17(26-9-3-4-10-26)15-5-7-16(29-2)8-6-15/h5-8,11,17H,3-4,9-10,12-13H2,1-2H3,(H,24,28). The lowest BCUT2D eigenvalue weighted by molar-refractivity contribution is -0.141. The van der Waals surface area contributed by atoms with Crippen molar-refractivity contribution in [2.45, 2.75) is 38.5 Å². The number of nitrogens with zero attached hydrogens (tertiary/aromatic N) is 3. The van der Waals surface area contributed by atoms with Crippen LogP contribution in [0.4, 0.5) is 13.2 Å². The van der Waals surface area contributed by atoms with Gasteiger partial charge in [0.15, 0.2) is 5.69 Å². The smallest absolute Gasteiger partial charge is 0.435 e. The highest BCUT2D eigenvalue weighted by molar-refractivity contribution is 5.75. The lowest BCUT2D eigenvalue weighted by atomic mass is 10.1. The van der Waals surface area contributed by atoms with Gasteiger partial charge in [-0.3, -0.25) is 14.4 Å². The highest BCUT2D eigenvalue weighted by Crippen LogP contribution is 2.28. The van der Waals surface area contributed by atoms with E-state index >= 15 is 0 Å². The van der Waals surface area contributed by atoms with Crippen LogP contribution in [0.1, 0.15) is 35.8 Å². The molecule has 1 unspecified atom stereocenters. The van der Waals surface area contributed by atoms with Gasteiger partial charge in [0, 0.05) is 12.2 Å². The summed E-state index contributed by atoms with van der Waals surface area (Å²) >= 11 is 0. The second kappa shape index (κ2) is 8.86. The van der Waals surface area contributed by atoms with Crippen LogP contribution in [0.25, 0.3) is 0 Å². The number of halogens is 3. The molecule has 0 aliphatic carbocycles. The van der Waals surface area contributed by atoms with E-state index in [1.807, 2.05) is 24.3 Å². The Kier molecular flexibility index (Phi) is 6.46. The maximum absolute atomic E-state index is 12.8. The van der Waals surface area contributed by atoms with E-state index in [-0.39, 0.29) is 18.5 Å². The third-order valence-electron chi connectivity index (χ3n) is 5.14. The van der Waals surface area contributed by atoms with Crippen molar-refractivity contribution >= 4 is 5.91 Å². The molecule has 1 aromatic carbocycles. The van der Waals surface area contributed by atoms with Crippen LogP contribution < -0.4 is 10.1 Å². The molecule has 29 heavy (non-hydrogen) atoms. The number of carbonyl (C=O) groups excluding carboxylic acids is 1. The fourth-order valence-electron chi connectivity index (χ4n) is 3.55. The van der Waals surface area contributed by atoms with Crippen LogP contribution in [0.15, 0.2) is 30.3 Å². The number of methoxy groups -OCH3 is 1. The number of rotatable bonds is 7. The van der Waals surface area contributed by atoms with Gasteiger partial charge < -0.3 is 10.1 Å². The van der Waals surface area contributed by atoms with Gasteiger partial charge in [-0.05, 0) is 56.6 Å². The zero-order chi connectivity index (χ0) is 21.0. The van der Waals surface area contributed by atoms with Crippen LogP contribution >= 0.6 is 0 Å². The van der Waals surface area contributed by atoms with Gasteiger partial charge in [-0.15, -0.1) is 0 Å². The highest BCUT2D eigenvalue weighted by atomic mass is 19.4. The molecule has 2 aromatic rings. The zero-order valence-electron chi connectivity index (χ0n) is 16.5. The number of carbonyl (C=O) groups is 1. The van der Waals surface area contributed by atoms with Gasteiger partial charge in [-0.2, -0.15) is 18.3 Å². The molecule has 0 saturated carbocycles. The summed E-state index contributed by atoms with van der Waals surface area (Å²) in [7, 11) is 1.61. The summed E-state index contributed by atoms with van der Waals surface area (Å²) in [5.74, 6) is 0.384. The summed E-state index contributed by atoms with van der Waals surface area (Å²) in [6.07, 6.45) is -2.32. The lowest BCUT2D eigenvalue weighted by Crippen LogP contribution is -2.38. The number of aromatic nitrogens is 2. The average Bonchev–Trinajstić information content (AvgIpc) is 3.33. The first-order valence-electron chi connectivity index (χ1n) is 9.54. The molecule has 0 spiro atoms. The molecule has 9 heteroatoms. The maximum Gasteiger partial charge on any atom is 0.435 e. The maximum atomic E-state index is 12.8. The van der Waals surface area contributed by atoms with E-state index in [9.17, 15) is 18.0 Å². The Hall–Kier alpha value is -2.55. The Morgan fingerprint density at radius 2 is 1.90 bits per heavy atom. The van der Waals surface area contributed by atoms with Gasteiger partial charge in [0.25, 0.3) is 0 Å². The molecule has 0 radical (unpaired) electrons. The van der Waals surface area contributed by atoms with Crippen molar-refractivity contribution in [1.29, 1.82) is 0 Å². The quantitative estimate of drug-likeness (QED) is 0.762. The Balaban J connectivity index is 1.65. The van der Waals surface area contributed by atoms with Crippen LogP contribution in [0, 0.1) is 6.92 Å². The van der Waals surface area contributed by atoms with Crippen molar-refractivity contribution in [2.75, 3.05) is 26.7 Å². The minimum Gasteiger partial charge on any atom is -0.497 e.